The average molecular weight is 344 g/mol. The highest BCUT2D eigenvalue weighted by Gasteiger charge is 2.11. The van der Waals surface area contributed by atoms with Crippen LogP contribution in [0.4, 0.5) is 5.69 Å². The number of benzene rings is 2. The molecule has 0 amide bonds. The van der Waals surface area contributed by atoms with Crippen LogP contribution in [0.3, 0.4) is 0 Å². The van der Waals surface area contributed by atoms with Crippen LogP contribution in [0, 0.1) is 6.92 Å². The molecule has 0 radical (unpaired) electrons. The van der Waals surface area contributed by atoms with Gasteiger partial charge < -0.3 is 10.3 Å². The molecule has 0 aliphatic rings. The monoisotopic (exact) mass is 343 g/mol. The number of nitrogens with two attached hydrogens (primary N) is 1. The quantitative estimate of drug-likeness (QED) is 0.730. The summed E-state index contributed by atoms with van der Waals surface area (Å²) in [7, 11) is 0. The minimum absolute atomic E-state index is 0.527. The fraction of sp³-hybridized carbons (Fsp3) is 0.125. The van der Waals surface area contributed by atoms with E-state index in [1.165, 1.54) is 0 Å². The van der Waals surface area contributed by atoms with Gasteiger partial charge in [0.25, 0.3) is 5.89 Å². The molecule has 21 heavy (non-hydrogen) atoms. The van der Waals surface area contributed by atoms with Gasteiger partial charge >= 0.3 is 0 Å². The average Bonchev–Trinajstić information content (AvgIpc) is 2.90. The summed E-state index contributed by atoms with van der Waals surface area (Å²) in [6, 6.07) is 13.7. The minimum Gasteiger partial charge on any atom is -0.399 e. The summed E-state index contributed by atoms with van der Waals surface area (Å²) < 4.78 is 6.41. The molecule has 0 spiro atoms. The first-order valence-corrected chi connectivity index (χ1v) is 7.34. The van der Waals surface area contributed by atoms with Crippen molar-refractivity contribution in [3.63, 3.8) is 0 Å². The Kier molecular flexibility index (Phi) is 3.75. The van der Waals surface area contributed by atoms with Gasteiger partial charge in [-0.3, -0.25) is 0 Å². The van der Waals surface area contributed by atoms with Gasteiger partial charge in [0.1, 0.15) is 0 Å². The summed E-state index contributed by atoms with van der Waals surface area (Å²) in [6.45, 7) is 1.98. The molecule has 1 aromatic heterocycles. The highest BCUT2D eigenvalue weighted by Crippen LogP contribution is 2.24. The number of nitrogens with zero attached hydrogens (tertiary/aromatic N) is 2. The van der Waals surface area contributed by atoms with Gasteiger partial charge in [0.15, 0.2) is 5.82 Å². The maximum absolute atomic E-state index is 5.75. The zero-order valence-corrected chi connectivity index (χ0v) is 13.1. The third-order valence-electron chi connectivity index (χ3n) is 3.22. The van der Waals surface area contributed by atoms with Crippen LogP contribution in [0.15, 0.2) is 51.5 Å². The fourth-order valence-electron chi connectivity index (χ4n) is 2.15. The van der Waals surface area contributed by atoms with Crippen LogP contribution in [0.1, 0.15) is 17.0 Å². The second kappa shape index (κ2) is 5.69. The lowest BCUT2D eigenvalue weighted by molar-refractivity contribution is 0.423. The molecule has 2 aromatic carbocycles. The van der Waals surface area contributed by atoms with E-state index in [4.69, 9.17) is 10.3 Å². The number of hydrogen-bond donors (Lipinski definition) is 1. The third kappa shape index (κ3) is 3.13. The van der Waals surface area contributed by atoms with Crippen LogP contribution in [0.2, 0.25) is 0 Å². The van der Waals surface area contributed by atoms with Crippen molar-refractivity contribution in [3.05, 3.63) is 63.9 Å². The van der Waals surface area contributed by atoms with E-state index in [1.54, 1.807) is 0 Å². The Bertz CT molecular complexity index is 765. The molecule has 0 atom stereocenters. The van der Waals surface area contributed by atoms with Gasteiger partial charge in [0.2, 0.25) is 0 Å². The molecule has 1 heterocycles. The van der Waals surface area contributed by atoms with Crippen LogP contribution < -0.4 is 5.73 Å². The Morgan fingerprint density at radius 2 is 1.90 bits per heavy atom. The maximum Gasteiger partial charge on any atom is 0.258 e. The summed E-state index contributed by atoms with van der Waals surface area (Å²) in [5.41, 5.74) is 9.56. The summed E-state index contributed by atoms with van der Waals surface area (Å²) in [4.78, 5) is 4.46. The second-order valence-electron chi connectivity index (χ2n) is 4.89. The molecular weight excluding hydrogens is 330 g/mol. The molecule has 0 aliphatic carbocycles. The van der Waals surface area contributed by atoms with Gasteiger partial charge in [-0.05, 0) is 48.4 Å². The summed E-state index contributed by atoms with van der Waals surface area (Å²) >= 11 is 3.42. The highest BCUT2D eigenvalue weighted by molar-refractivity contribution is 9.10. The summed E-state index contributed by atoms with van der Waals surface area (Å²) in [6.07, 6.45) is 0.644. The lowest BCUT2D eigenvalue weighted by Gasteiger charge is -2.01. The third-order valence-corrected chi connectivity index (χ3v) is 3.75. The van der Waals surface area contributed by atoms with Crippen molar-refractivity contribution in [2.24, 2.45) is 0 Å². The van der Waals surface area contributed by atoms with Crippen molar-refractivity contribution in [2.45, 2.75) is 13.3 Å². The Morgan fingerprint density at radius 1 is 1.14 bits per heavy atom. The molecule has 0 saturated carbocycles. The standard InChI is InChI=1S/C16H14BrN3O/c1-10-8-13(18)6-7-14(10)16-19-15(20-21-16)9-11-2-4-12(17)5-3-11/h2-8H,9,18H2,1H3. The molecule has 0 unspecified atom stereocenters. The minimum atomic E-state index is 0.527. The van der Waals surface area contributed by atoms with E-state index >= 15 is 0 Å². The van der Waals surface area contributed by atoms with Crippen molar-refractivity contribution in [2.75, 3.05) is 5.73 Å². The van der Waals surface area contributed by atoms with Crippen molar-refractivity contribution in [3.8, 4) is 11.5 Å². The Balaban J connectivity index is 1.84. The van der Waals surface area contributed by atoms with Gasteiger partial charge in [-0.1, -0.05) is 33.2 Å². The number of aromatic nitrogens is 2. The smallest absolute Gasteiger partial charge is 0.258 e. The van der Waals surface area contributed by atoms with Gasteiger partial charge in [-0.25, -0.2) is 0 Å². The molecule has 2 N–H and O–H groups in total. The van der Waals surface area contributed by atoms with E-state index in [2.05, 4.69) is 26.1 Å². The lowest BCUT2D eigenvalue weighted by atomic mass is 10.1. The molecule has 5 heteroatoms. The first kappa shape index (κ1) is 13.8. The van der Waals surface area contributed by atoms with Gasteiger partial charge in [0, 0.05) is 22.1 Å². The highest BCUT2D eigenvalue weighted by atomic mass is 79.9. The second-order valence-corrected chi connectivity index (χ2v) is 5.81. The largest absolute Gasteiger partial charge is 0.399 e. The molecule has 106 valence electrons. The van der Waals surface area contributed by atoms with Crippen molar-refractivity contribution in [1.29, 1.82) is 0 Å². The number of anilines is 1. The van der Waals surface area contributed by atoms with E-state index < -0.39 is 0 Å². The van der Waals surface area contributed by atoms with Crippen molar-refractivity contribution >= 4 is 21.6 Å². The van der Waals surface area contributed by atoms with E-state index in [0.29, 0.717) is 18.1 Å². The Hall–Kier alpha value is -2.14. The van der Waals surface area contributed by atoms with Crippen LogP contribution >= 0.6 is 15.9 Å². The van der Waals surface area contributed by atoms with Crippen LogP contribution in [0.5, 0.6) is 0 Å². The fourth-order valence-corrected chi connectivity index (χ4v) is 2.41. The predicted octanol–water partition coefficient (Wildman–Crippen LogP) is 3.98. The zero-order chi connectivity index (χ0) is 14.8. The van der Waals surface area contributed by atoms with Crippen molar-refractivity contribution in [1.82, 2.24) is 10.1 Å². The number of rotatable bonds is 3. The molecular formula is C16H14BrN3O. The Morgan fingerprint density at radius 3 is 2.62 bits per heavy atom. The molecule has 3 rings (SSSR count). The number of hydrogen-bond acceptors (Lipinski definition) is 4. The van der Waals surface area contributed by atoms with Crippen LogP contribution in [-0.2, 0) is 6.42 Å². The topological polar surface area (TPSA) is 64.9 Å². The Labute approximate surface area is 131 Å². The first-order chi connectivity index (χ1) is 10.1. The van der Waals surface area contributed by atoms with E-state index in [1.807, 2.05) is 49.4 Å². The SMILES string of the molecule is Cc1cc(N)ccc1-c1nc(Cc2ccc(Br)cc2)no1. The molecule has 0 saturated heterocycles. The van der Waals surface area contributed by atoms with Gasteiger partial charge in [-0.2, -0.15) is 4.98 Å². The maximum atomic E-state index is 5.75. The number of aryl methyl sites for hydroxylation is 1. The predicted molar refractivity (Wildman–Crippen MR) is 85.8 cm³/mol. The zero-order valence-electron chi connectivity index (χ0n) is 11.5. The molecule has 0 bridgehead atoms. The summed E-state index contributed by atoms with van der Waals surface area (Å²) in [5, 5.41) is 4.04. The molecule has 0 fully saturated rings. The lowest BCUT2D eigenvalue weighted by Crippen LogP contribution is -1.91. The molecule has 0 aliphatic heterocycles. The van der Waals surface area contributed by atoms with E-state index in [9.17, 15) is 0 Å². The summed E-state index contributed by atoms with van der Waals surface area (Å²) in [5.74, 6) is 1.20. The number of nitrogen functional groups attached to an aromatic ring is 1. The molecule has 3 aromatic rings. The van der Waals surface area contributed by atoms with Gasteiger partial charge in [-0.15, -0.1) is 0 Å². The van der Waals surface area contributed by atoms with Crippen molar-refractivity contribution < 1.29 is 4.52 Å². The van der Waals surface area contributed by atoms with E-state index in [-0.39, 0.29) is 0 Å². The van der Waals surface area contributed by atoms with E-state index in [0.717, 1.165) is 26.9 Å². The van der Waals surface area contributed by atoms with Crippen LogP contribution in [0.25, 0.3) is 11.5 Å². The normalized spacial score (nSPS) is 10.8. The van der Waals surface area contributed by atoms with Crippen LogP contribution in [-0.4, -0.2) is 10.1 Å². The first-order valence-electron chi connectivity index (χ1n) is 6.55. The number of halogens is 1. The van der Waals surface area contributed by atoms with Gasteiger partial charge in [0.05, 0.1) is 0 Å². The molecule has 4 nitrogen and oxygen atoms in total.